The molecule has 18 heavy (non-hydrogen) atoms. The van der Waals surface area contributed by atoms with Crippen LogP contribution < -0.4 is 10.1 Å². The average molecular weight is 251 g/mol. The molecule has 0 bridgehead atoms. The van der Waals surface area contributed by atoms with Crippen molar-refractivity contribution in [3.63, 3.8) is 0 Å². The Bertz CT molecular complexity index is 366. The van der Waals surface area contributed by atoms with Crippen molar-refractivity contribution in [1.29, 1.82) is 0 Å². The van der Waals surface area contributed by atoms with Crippen molar-refractivity contribution in [1.82, 2.24) is 5.32 Å². The number of carbonyl (C=O) groups excluding carboxylic acids is 1. The molecule has 0 aromatic heterocycles. The van der Waals surface area contributed by atoms with Crippen molar-refractivity contribution < 1.29 is 14.6 Å². The third-order valence-electron chi connectivity index (χ3n) is 2.53. The van der Waals surface area contributed by atoms with Crippen LogP contribution in [-0.2, 0) is 0 Å². The summed E-state index contributed by atoms with van der Waals surface area (Å²) in [6, 6.07) is 7.16. The molecule has 1 aromatic rings. The van der Waals surface area contributed by atoms with Crippen LogP contribution in [0.2, 0.25) is 0 Å². The van der Waals surface area contributed by atoms with Crippen molar-refractivity contribution in [3.8, 4) is 5.75 Å². The van der Waals surface area contributed by atoms with E-state index in [4.69, 9.17) is 9.84 Å². The van der Waals surface area contributed by atoms with Gasteiger partial charge in [0.25, 0.3) is 5.91 Å². The second kappa shape index (κ2) is 8.53. The molecule has 4 nitrogen and oxygen atoms in total. The Kier molecular flexibility index (Phi) is 6.87. The number of nitrogens with one attached hydrogen (secondary N) is 1. The highest BCUT2D eigenvalue weighted by atomic mass is 16.5. The van der Waals surface area contributed by atoms with Crippen LogP contribution in [-0.4, -0.2) is 30.8 Å². The number of hydrogen-bond donors (Lipinski definition) is 2. The zero-order valence-corrected chi connectivity index (χ0v) is 10.8. The second-order valence-corrected chi connectivity index (χ2v) is 4.00. The zero-order chi connectivity index (χ0) is 13.2. The summed E-state index contributed by atoms with van der Waals surface area (Å²) >= 11 is 0. The third kappa shape index (κ3) is 5.19. The average Bonchev–Trinajstić information content (AvgIpc) is 2.39. The van der Waals surface area contributed by atoms with Gasteiger partial charge in [0.2, 0.25) is 0 Å². The number of carbonyl (C=O) groups is 1. The molecule has 1 rings (SSSR count). The van der Waals surface area contributed by atoms with Gasteiger partial charge >= 0.3 is 0 Å². The summed E-state index contributed by atoms with van der Waals surface area (Å²) in [5.41, 5.74) is 0.614. The SMILES string of the molecule is CCOc1cccc(C(=O)NCCCCCO)c1. The molecular weight excluding hydrogens is 230 g/mol. The molecule has 0 unspecified atom stereocenters. The number of rotatable bonds is 8. The summed E-state index contributed by atoms with van der Waals surface area (Å²) < 4.78 is 5.35. The molecule has 100 valence electrons. The minimum atomic E-state index is -0.0828. The number of benzene rings is 1. The molecule has 0 atom stereocenters. The van der Waals surface area contributed by atoms with E-state index >= 15 is 0 Å². The van der Waals surface area contributed by atoms with Gasteiger partial charge in [-0.05, 0) is 44.4 Å². The molecule has 0 saturated heterocycles. The number of aliphatic hydroxyl groups excluding tert-OH is 1. The fraction of sp³-hybridized carbons (Fsp3) is 0.500. The van der Waals surface area contributed by atoms with Crippen molar-refractivity contribution in [2.75, 3.05) is 19.8 Å². The van der Waals surface area contributed by atoms with Gasteiger partial charge in [0, 0.05) is 18.7 Å². The topological polar surface area (TPSA) is 58.6 Å². The van der Waals surface area contributed by atoms with Crippen molar-refractivity contribution in [2.45, 2.75) is 26.2 Å². The number of hydrogen-bond acceptors (Lipinski definition) is 3. The lowest BCUT2D eigenvalue weighted by atomic mass is 10.2. The Hall–Kier alpha value is -1.55. The maximum Gasteiger partial charge on any atom is 0.251 e. The van der Waals surface area contributed by atoms with E-state index in [1.165, 1.54) is 0 Å². The minimum absolute atomic E-state index is 0.0828. The first-order valence-electron chi connectivity index (χ1n) is 6.40. The summed E-state index contributed by atoms with van der Waals surface area (Å²) in [7, 11) is 0. The Morgan fingerprint density at radius 3 is 2.89 bits per heavy atom. The zero-order valence-electron chi connectivity index (χ0n) is 10.8. The maximum atomic E-state index is 11.8. The summed E-state index contributed by atoms with van der Waals surface area (Å²) in [6.07, 6.45) is 2.60. The van der Waals surface area contributed by atoms with Crippen LogP contribution in [0.1, 0.15) is 36.5 Å². The molecule has 0 heterocycles. The van der Waals surface area contributed by atoms with Gasteiger partial charge < -0.3 is 15.2 Å². The number of amides is 1. The molecule has 4 heteroatoms. The molecule has 0 radical (unpaired) electrons. The Balaban J connectivity index is 2.38. The van der Waals surface area contributed by atoms with Gasteiger partial charge in [-0.25, -0.2) is 0 Å². The Morgan fingerprint density at radius 1 is 1.33 bits per heavy atom. The van der Waals surface area contributed by atoms with E-state index in [2.05, 4.69) is 5.32 Å². The van der Waals surface area contributed by atoms with E-state index in [-0.39, 0.29) is 12.5 Å². The van der Waals surface area contributed by atoms with E-state index in [9.17, 15) is 4.79 Å². The lowest BCUT2D eigenvalue weighted by Gasteiger charge is -2.07. The van der Waals surface area contributed by atoms with Crippen LogP contribution in [0.4, 0.5) is 0 Å². The highest BCUT2D eigenvalue weighted by Crippen LogP contribution is 2.13. The molecule has 1 aromatic carbocycles. The van der Waals surface area contributed by atoms with Gasteiger partial charge in [-0.15, -0.1) is 0 Å². The maximum absolute atomic E-state index is 11.8. The van der Waals surface area contributed by atoms with Crippen molar-refractivity contribution in [3.05, 3.63) is 29.8 Å². The predicted molar refractivity (Wildman–Crippen MR) is 70.9 cm³/mol. The van der Waals surface area contributed by atoms with E-state index < -0.39 is 0 Å². The number of unbranched alkanes of at least 4 members (excludes halogenated alkanes) is 2. The lowest BCUT2D eigenvalue weighted by molar-refractivity contribution is 0.0952. The van der Waals surface area contributed by atoms with Crippen LogP contribution in [0, 0.1) is 0 Å². The van der Waals surface area contributed by atoms with E-state index in [1.807, 2.05) is 19.1 Å². The molecule has 0 aliphatic carbocycles. The first-order valence-corrected chi connectivity index (χ1v) is 6.40. The number of ether oxygens (including phenoxy) is 1. The fourth-order valence-corrected chi connectivity index (χ4v) is 1.61. The molecule has 0 saturated carbocycles. The van der Waals surface area contributed by atoms with Crippen LogP contribution in [0.3, 0.4) is 0 Å². The van der Waals surface area contributed by atoms with Gasteiger partial charge in [0.1, 0.15) is 5.75 Å². The van der Waals surface area contributed by atoms with Gasteiger partial charge in [0.05, 0.1) is 6.61 Å². The molecule has 1 amide bonds. The van der Waals surface area contributed by atoms with Crippen molar-refractivity contribution in [2.24, 2.45) is 0 Å². The van der Waals surface area contributed by atoms with Gasteiger partial charge in [-0.3, -0.25) is 4.79 Å². The van der Waals surface area contributed by atoms with E-state index in [0.29, 0.717) is 24.5 Å². The molecule has 0 spiro atoms. The molecule has 0 aliphatic heterocycles. The van der Waals surface area contributed by atoms with Gasteiger partial charge in [-0.2, -0.15) is 0 Å². The van der Waals surface area contributed by atoms with Crippen LogP contribution in [0.25, 0.3) is 0 Å². The van der Waals surface area contributed by atoms with E-state index in [0.717, 1.165) is 19.3 Å². The number of aliphatic hydroxyl groups is 1. The molecular formula is C14H21NO3. The summed E-state index contributed by atoms with van der Waals surface area (Å²) in [5, 5.41) is 11.5. The van der Waals surface area contributed by atoms with Crippen LogP contribution in [0.15, 0.2) is 24.3 Å². The van der Waals surface area contributed by atoms with Crippen LogP contribution >= 0.6 is 0 Å². The smallest absolute Gasteiger partial charge is 0.251 e. The summed E-state index contributed by atoms with van der Waals surface area (Å²) in [6.45, 7) is 3.35. The lowest BCUT2D eigenvalue weighted by Crippen LogP contribution is -2.24. The quantitative estimate of drug-likeness (QED) is 0.695. The highest BCUT2D eigenvalue weighted by Gasteiger charge is 2.05. The third-order valence-corrected chi connectivity index (χ3v) is 2.53. The Morgan fingerprint density at radius 2 is 2.17 bits per heavy atom. The van der Waals surface area contributed by atoms with Gasteiger partial charge in [0.15, 0.2) is 0 Å². The second-order valence-electron chi connectivity index (χ2n) is 4.00. The molecule has 2 N–H and O–H groups in total. The fourth-order valence-electron chi connectivity index (χ4n) is 1.61. The summed E-state index contributed by atoms with van der Waals surface area (Å²) in [5.74, 6) is 0.631. The first kappa shape index (κ1) is 14.5. The summed E-state index contributed by atoms with van der Waals surface area (Å²) in [4.78, 5) is 11.8. The normalized spacial score (nSPS) is 10.1. The van der Waals surface area contributed by atoms with E-state index in [1.54, 1.807) is 12.1 Å². The molecule has 0 aliphatic rings. The standard InChI is InChI=1S/C14H21NO3/c1-2-18-13-8-6-7-12(11-13)14(17)15-9-4-3-5-10-16/h6-8,11,16H,2-5,9-10H2,1H3,(H,15,17). The predicted octanol–water partition coefficient (Wildman–Crippen LogP) is 1.98. The monoisotopic (exact) mass is 251 g/mol. The van der Waals surface area contributed by atoms with Crippen molar-refractivity contribution >= 4 is 5.91 Å². The van der Waals surface area contributed by atoms with Gasteiger partial charge in [-0.1, -0.05) is 6.07 Å². The highest BCUT2D eigenvalue weighted by molar-refractivity contribution is 5.94. The largest absolute Gasteiger partial charge is 0.494 e. The first-order chi connectivity index (χ1) is 8.77. The molecule has 0 fully saturated rings. The minimum Gasteiger partial charge on any atom is -0.494 e. The Labute approximate surface area is 108 Å². The van der Waals surface area contributed by atoms with Crippen LogP contribution in [0.5, 0.6) is 5.75 Å².